The number of carbonyl (C=O) groups excluding carboxylic acids is 2. The first-order chi connectivity index (χ1) is 13.7. The Labute approximate surface area is 176 Å². The molecule has 1 amide bonds. The number of nitrogens with one attached hydrogen (secondary N) is 1. The lowest BCUT2D eigenvalue weighted by molar-refractivity contribution is -0.119. The second-order valence-electron chi connectivity index (χ2n) is 7.09. The predicted molar refractivity (Wildman–Crippen MR) is 113 cm³/mol. The minimum absolute atomic E-state index is 0.170. The summed E-state index contributed by atoms with van der Waals surface area (Å²) < 4.78 is 16.1. The van der Waals surface area contributed by atoms with Gasteiger partial charge in [0.2, 0.25) is 0 Å². The fraction of sp³-hybridized carbons (Fsp3) is 0.364. The van der Waals surface area contributed by atoms with Crippen molar-refractivity contribution in [3.63, 3.8) is 0 Å². The number of halogens is 1. The van der Waals surface area contributed by atoms with Gasteiger partial charge in [-0.2, -0.15) is 0 Å². The van der Waals surface area contributed by atoms with Gasteiger partial charge in [-0.05, 0) is 43.0 Å². The minimum atomic E-state index is -0.683. The standard InChI is InChI=1S/C22H26ClNO5/c1-13(2)11-28-21-17(23)9-16(10-18(21)27-5)22(26)29-12-19(25)24-20-14(3)7-6-8-15(20)4/h6-10,13H,11-12H2,1-5H3,(H,24,25). The van der Waals surface area contributed by atoms with Gasteiger partial charge in [0.1, 0.15) is 0 Å². The van der Waals surface area contributed by atoms with Crippen LogP contribution in [-0.2, 0) is 9.53 Å². The molecule has 29 heavy (non-hydrogen) atoms. The van der Waals surface area contributed by atoms with Crippen LogP contribution in [0.3, 0.4) is 0 Å². The predicted octanol–water partition coefficient (Wildman–Crippen LogP) is 4.80. The van der Waals surface area contributed by atoms with Crippen molar-refractivity contribution < 1.29 is 23.8 Å². The lowest BCUT2D eigenvalue weighted by Crippen LogP contribution is -2.22. The highest BCUT2D eigenvalue weighted by molar-refractivity contribution is 6.32. The lowest BCUT2D eigenvalue weighted by Gasteiger charge is -2.15. The third-order valence-corrected chi connectivity index (χ3v) is 4.39. The van der Waals surface area contributed by atoms with Gasteiger partial charge in [-0.1, -0.05) is 43.6 Å². The van der Waals surface area contributed by atoms with Crippen molar-refractivity contribution in [1.29, 1.82) is 0 Å². The smallest absolute Gasteiger partial charge is 0.338 e. The Morgan fingerprint density at radius 2 is 1.79 bits per heavy atom. The van der Waals surface area contributed by atoms with E-state index in [1.54, 1.807) is 0 Å². The molecule has 0 atom stereocenters. The van der Waals surface area contributed by atoms with E-state index in [9.17, 15) is 9.59 Å². The number of carbonyl (C=O) groups is 2. The van der Waals surface area contributed by atoms with Gasteiger partial charge >= 0.3 is 5.97 Å². The first-order valence-electron chi connectivity index (χ1n) is 9.26. The van der Waals surface area contributed by atoms with Crippen LogP contribution in [0, 0.1) is 19.8 Å². The molecule has 0 unspecified atom stereocenters. The van der Waals surface area contributed by atoms with Crippen LogP contribution in [-0.4, -0.2) is 32.2 Å². The molecule has 2 rings (SSSR count). The number of rotatable bonds is 8. The van der Waals surface area contributed by atoms with Crippen LogP contribution in [0.25, 0.3) is 0 Å². The molecule has 0 heterocycles. The summed E-state index contributed by atoms with van der Waals surface area (Å²) in [5, 5.41) is 3.00. The van der Waals surface area contributed by atoms with Gasteiger partial charge in [0, 0.05) is 5.69 Å². The number of para-hydroxylation sites is 1. The maximum atomic E-state index is 12.4. The Balaban J connectivity index is 2.05. The molecular formula is C22H26ClNO5. The summed E-state index contributed by atoms with van der Waals surface area (Å²) in [5.41, 5.74) is 2.74. The van der Waals surface area contributed by atoms with Crippen LogP contribution < -0.4 is 14.8 Å². The topological polar surface area (TPSA) is 73.9 Å². The number of hydrogen-bond donors (Lipinski definition) is 1. The third kappa shape index (κ3) is 6.12. The Morgan fingerprint density at radius 3 is 2.38 bits per heavy atom. The molecule has 0 saturated heterocycles. The molecule has 2 aromatic carbocycles. The largest absolute Gasteiger partial charge is 0.493 e. The number of esters is 1. The molecule has 2 aromatic rings. The average Bonchev–Trinajstić information content (AvgIpc) is 2.67. The average molecular weight is 420 g/mol. The maximum Gasteiger partial charge on any atom is 0.338 e. The van der Waals surface area contributed by atoms with Crippen LogP contribution in [0.5, 0.6) is 11.5 Å². The van der Waals surface area contributed by atoms with Crippen molar-refractivity contribution in [2.45, 2.75) is 27.7 Å². The van der Waals surface area contributed by atoms with Crippen molar-refractivity contribution in [1.82, 2.24) is 0 Å². The highest BCUT2D eigenvalue weighted by Crippen LogP contribution is 2.37. The zero-order chi connectivity index (χ0) is 21.6. The Morgan fingerprint density at radius 1 is 1.14 bits per heavy atom. The third-order valence-electron chi connectivity index (χ3n) is 4.11. The fourth-order valence-electron chi connectivity index (χ4n) is 2.63. The quantitative estimate of drug-likeness (QED) is 0.622. The van der Waals surface area contributed by atoms with Crippen molar-refractivity contribution in [2.24, 2.45) is 5.92 Å². The monoisotopic (exact) mass is 419 g/mol. The van der Waals surface area contributed by atoms with Gasteiger partial charge in [0.25, 0.3) is 5.91 Å². The lowest BCUT2D eigenvalue weighted by atomic mass is 10.1. The summed E-state index contributed by atoms with van der Waals surface area (Å²) in [6, 6.07) is 8.61. The van der Waals surface area contributed by atoms with E-state index < -0.39 is 18.5 Å². The number of hydrogen-bond acceptors (Lipinski definition) is 5. The van der Waals surface area contributed by atoms with Crippen LogP contribution in [0.1, 0.15) is 35.3 Å². The summed E-state index contributed by atoms with van der Waals surface area (Å²) >= 11 is 6.25. The molecular weight excluding hydrogens is 394 g/mol. The van der Waals surface area contributed by atoms with E-state index in [4.69, 9.17) is 25.8 Å². The van der Waals surface area contributed by atoms with E-state index in [1.807, 2.05) is 45.9 Å². The minimum Gasteiger partial charge on any atom is -0.493 e. The summed E-state index contributed by atoms with van der Waals surface area (Å²) in [6.45, 7) is 7.85. The van der Waals surface area contributed by atoms with Crippen molar-refractivity contribution >= 4 is 29.2 Å². The molecule has 0 fully saturated rings. The summed E-state index contributed by atoms with van der Waals surface area (Å²) in [7, 11) is 1.46. The highest BCUT2D eigenvalue weighted by Gasteiger charge is 2.18. The van der Waals surface area contributed by atoms with Gasteiger partial charge in [0.05, 0.1) is 24.3 Å². The highest BCUT2D eigenvalue weighted by atomic mass is 35.5. The number of ether oxygens (including phenoxy) is 3. The van der Waals surface area contributed by atoms with E-state index in [2.05, 4.69) is 5.32 Å². The first kappa shape index (κ1) is 22.6. The normalized spacial score (nSPS) is 10.6. The van der Waals surface area contributed by atoms with Gasteiger partial charge in [-0.15, -0.1) is 0 Å². The second-order valence-corrected chi connectivity index (χ2v) is 7.49. The van der Waals surface area contributed by atoms with Crippen molar-refractivity contribution in [2.75, 3.05) is 25.6 Å². The van der Waals surface area contributed by atoms with Crippen LogP contribution in [0.4, 0.5) is 5.69 Å². The van der Waals surface area contributed by atoms with E-state index in [0.29, 0.717) is 29.7 Å². The Bertz CT molecular complexity index is 875. The second kappa shape index (κ2) is 10.2. The first-order valence-corrected chi connectivity index (χ1v) is 9.64. The number of anilines is 1. The molecule has 0 aliphatic carbocycles. The Kier molecular flexibility index (Phi) is 7.91. The molecule has 0 aliphatic rings. The van der Waals surface area contributed by atoms with Gasteiger partial charge in [-0.25, -0.2) is 4.79 Å². The molecule has 7 heteroatoms. The molecule has 0 saturated carbocycles. The number of benzene rings is 2. The SMILES string of the molecule is COc1cc(C(=O)OCC(=O)Nc2c(C)cccc2C)cc(Cl)c1OCC(C)C. The van der Waals surface area contributed by atoms with E-state index in [1.165, 1.54) is 19.2 Å². The number of aryl methyl sites for hydroxylation is 2. The molecule has 0 aromatic heterocycles. The molecule has 1 N–H and O–H groups in total. The summed E-state index contributed by atoms with van der Waals surface area (Å²) in [6.07, 6.45) is 0. The molecule has 0 radical (unpaired) electrons. The molecule has 0 spiro atoms. The molecule has 6 nitrogen and oxygen atoms in total. The maximum absolute atomic E-state index is 12.4. The van der Waals surface area contributed by atoms with E-state index >= 15 is 0 Å². The van der Waals surface area contributed by atoms with E-state index in [0.717, 1.165) is 11.1 Å². The fourth-order valence-corrected chi connectivity index (χ4v) is 2.89. The van der Waals surface area contributed by atoms with Crippen LogP contribution >= 0.6 is 11.6 Å². The van der Waals surface area contributed by atoms with Gasteiger partial charge in [-0.3, -0.25) is 4.79 Å². The number of methoxy groups -OCH3 is 1. The molecule has 156 valence electrons. The summed E-state index contributed by atoms with van der Waals surface area (Å²) in [5.74, 6) is -0.115. The van der Waals surface area contributed by atoms with Crippen molar-refractivity contribution in [3.05, 3.63) is 52.0 Å². The number of amides is 1. The molecule has 0 aliphatic heterocycles. The van der Waals surface area contributed by atoms with Gasteiger partial charge in [0.15, 0.2) is 18.1 Å². The van der Waals surface area contributed by atoms with E-state index in [-0.39, 0.29) is 10.6 Å². The van der Waals surface area contributed by atoms with Gasteiger partial charge < -0.3 is 19.5 Å². The van der Waals surface area contributed by atoms with Crippen LogP contribution in [0.15, 0.2) is 30.3 Å². The Hall–Kier alpha value is -2.73. The van der Waals surface area contributed by atoms with Crippen LogP contribution in [0.2, 0.25) is 5.02 Å². The summed E-state index contributed by atoms with van der Waals surface area (Å²) in [4.78, 5) is 24.6. The molecule has 0 bridgehead atoms. The zero-order valence-electron chi connectivity index (χ0n) is 17.3. The van der Waals surface area contributed by atoms with Crippen molar-refractivity contribution in [3.8, 4) is 11.5 Å². The zero-order valence-corrected chi connectivity index (χ0v) is 18.1.